The summed E-state index contributed by atoms with van der Waals surface area (Å²) in [6, 6.07) is 0. The van der Waals surface area contributed by atoms with Crippen LogP contribution in [0.2, 0.25) is 0 Å². The van der Waals surface area contributed by atoms with Crippen LogP contribution < -0.4 is 0 Å². The summed E-state index contributed by atoms with van der Waals surface area (Å²) >= 11 is 0. The standard InChI is InChI=1S/C61H102O6/c1-4-7-10-13-16-19-22-25-27-28-29-30-31-32-34-36-39-42-45-48-51-54-60(63)66-57-58(56-65-59(62)53-50-47-44-41-38-35-24-21-18-15-12-9-6-3)67-61(64)55-52-49-46-43-40-37-33-26-23-20-17-14-11-8-5-2/h7,9-10,12,16,18-19,21,25,27,29-30,35,38,44,47,58H,4-6,8,11,13-15,17,20,22-24,26,28,31-34,36-37,39-43,45-46,48-57H2,1-3H3/b10-7-,12-9-,19-16-,21-18-,27-25-,30-29-,38-35-,47-44-. The Bertz CT molecular complexity index is 1350. The van der Waals surface area contributed by atoms with E-state index in [2.05, 4.69) is 112 Å². The van der Waals surface area contributed by atoms with Gasteiger partial charge in [0.25, 0.3) is 0 Å². The molecule has 382 valence electrons. The Balaban J connectivity index is 4.42. The third-order valence-corrected chi connectivity index (χ3v) is 11.6. The van der Waals surface area contributed by atoms with Gasteiger partial charge in [-0.05, 0) is 83.5 Å². The summed E-state index contributed by atoms with van der Waals surface area (Å²) in [6.45, 7) is 6.35. The average Bonchev–Trinajstić information content (AvgIpc) is 3.33. The van der Waals surface area contributed by atoms with E-state index in [-0.39, 0.29) is 37.5 Å². The second-order valence-electron chi connectivity index (χ2n) is 18.1. The van der Waals surface area contributed by atoms with Crippen molar-refractivity contribution in [2.45, 2.75) is 258 Å². The summed E-state index contributed by atoms with van der Waals surface area (Å²) in [5.41, 5.74) is 0. The van der Waals surface area contributed by atoms with Crippen molar-refractivity contribution >= 4 is 17.9 Å². The van der Waals surface area contributed by atoms with Crippen molar-refractivity contribution in [2.24, 2.45) is 0 Å². The van der Waals surface area contributed by atoms with Crippen molar-refractivity contribution in [2.75, 3.05) is 13.2 Å². The van der Waals surface area contributed by atoms with Crippen molar-refractivity contribution < 1.29 is 28.6 Å². The van der Waals surface area contributed by atoms with Crippen LogP contribution in [0.4, 0.5) is 0 Å². The first-order chi connectivity index (χ1) is 33.0. The van der Waals surface area contributed by atoms with Crippen LogP contribution in [0, 0.1) is 0 Å². The first kappa shape index (κ1) is 63.3. The molecule has 0 aliphatic rings. The molecule has 0 aromatic rings. The van der Waals surface area contributed by atoms with Crippen molar-refractivity contribution in [3.05, 3.63) is 97.2 Å². The summed E-state index contributed by atoms with van der Waals surface area (Å²) in [6.07, 6.45) is 72.7. The number of carbonyl (C=O) groups excluding carboxylic acids is 3. The van der Waals surface area contributed by atoms with Gasteiger partial charge in [0, 0.05) is 19.3 Å². The van der Waals surface area contributed by atoms with Crippen LogP contribution in [0.1, 0.15) is 252 Å². The van der Waals surface area contributed by atoms with E-state index in [0.717, 1.165) is 96.3 Å². The Labute approximate surface area is 413 Å². The summed E-state index contributed by atoms with van der Waals surface area (Å²) < 4.78 is 16.8. The average molecular weight is 931 g/mol. The molecule has 0 bridgehead atoms. The second-order valence-corrected chi connectivity index (χ2v) is 18.1. The summed E-state index contributed by atoms with van der Waals surface area (Å²) in [7, 11) is 0. The number of unbranched alkanes of at least 4 members (excludes halogenated alkanes) is 22. The van der Waals surface area contributed by atoms with Crippen LogP contribution in [0.3, 0.4) is 0 Å². The van der Waals surface area contributed by atoms with Gasteiger partial charge in [-0.25, -0.2) is 0 Å². The van der Waals surface area contributed by atoms with Crippen molar-refractivity contribution in [1.82, 2.24) is 0 Å². The molecule has 0 heterocycles. The molecule has 0 spiro atoms. The zero-order valence-electron chi connectivity index (χ0n) is 43.6. The molecule has 0 saturated carbocycles. The van der Waals surface area contributed by atoms with Gasteiger partial charge in [0.15, 0.2) is 6.10 Å². The van der Waals surface area contributed by atoms with Crippen molar-refractivity contribution in [3.63, 3.8) is 0 Å². The maximum Gasteiger partial charge on any atom is 0.306 e. The highest BCUT2D eigenvalue weighted by Gasteiger charge is 2.19. The van der Waals surface area contributed by atoms with E-state index in [1.807, 2.05) is 6.08 Å². The normalized spacial score (nSPS) is 12.8. The van der Waals surface area contributed by atoms with Gasteiger partial charge in [-0.2, -0.15) is 0 Å². The van der Waals surface area contributed by atoms with Gasteiger partial charge in [-0.1, -0.05) is 246 Å². The summed E-state index contributed by atoms with van der Waals surface area (Å²) in [5.74, 6) is -0.991. The third kappa shape index (κ3) is 53.2. The molecule has 0 aromatic heterocycles. The van der Waals surface area contributed by atoms with Gasteiger partial charge in [0.05, 0.1) is 0 Å². The van der Waals surface area contributed by atoms with Gasteiger partial charge in [0.1, 0.15) is 13.2 Å². The van der Waals surface area contributed by atoms with E-state index in [1.165, 1.54) is 109 Å². The van der Waals surface area contributed by atoms with E-state index in [1.54, 1.807) is 0 Å². The Morgan fingerprint density at radius 3 is 1.00 bits per heavy atom. The molecular weight excluding hydrogens is 829 g/mol. The quantitative estimate of drug-likeness (QED) is 0.0262. The molecule has 6 heteroatoms. The third-order valence-electron chi connectivity index (χ3n) is 11.6. The molecular formula is C61H102O6. The fourth-order valence-corrected chi connectivity index (χ4v) is 7.51. The van der Waals surface area contributed by atoms with Crippen molar-refractivity contribution in [1.29, 1.82) is 0 Å². The maximum absolute atomic E-state index is 12.8. The lowest BCUT2D eigenvalue weighted by Crippen LogP contribution is -2.30. The largest absolute Gasteiger partial charge is 0.462 e. The van der Waals surface area contributed by atoms with Gasteiger partial charge in [-0.15, -0.1) is 0 Å². The maximum atomic E-state index is 12.8. The Kier molecular flexibility index (Phi) is 51.9. The number of carbonyl (C=O) groups is 3. The molecule has 0 rings (SSSR count). The van der Waals surface area contributed by atoms with Crippen LogP contribution in [0.5, 0.6) is 0 Å². The van der Waals surface area contributed by atoms with Crippen LogP contribution in [0.15, 0.2) is 97.2 Å². The lowest BCUT2D eigenvalue weighted by Gasteiger charge is -2.18. The molecule has 1 unspecified atom stereocenters. The molecule has 1 atom stereocenters. The van der Waals surface area contributed by atoms with Gasteiger partial charge < -0.3 is 14.2 Å². The van der Waals surface area contributed by atoms with E-state index < -0.39 is 6.10 Å². The molecule has 0 aliphatic heterocycles. The van der Waals surface area contributed by atoms with Crippen LogP contribution in [-0.2, 0) is 28.6 Å². The van der Waals surface area contributed by atoms with Crippen molar-refractivity contribution in [3.8, 4) is 0 Å². The molecule has 0 aliphatic carbocycles. The Hall–Kier alpha value is -3.67. The molecule has 0 radical (unpaired) electrons. The Morgan fingerprint density at radius 1 is 0.313 bits per heavy atom. The number of ether oxygens (including phenoxy) is 3. The highest BCUT2D eigenvalue weighted by molar-refractivity contribution is 5.71. The molecule has 0 aromatic carbocycles. The smallest absolute Gasteiger partial charge is 0.306 e. The minimum absolute atomic E-state index is 0.103. The van der Waals surface area contributed by atoms with Crippen LogP contribution in [0.25, 0.3) is 0 Å². The highest BCUT2D eigenvalue weighted by Crippen LogP contribution is 2.15. The van der Waals surface area contributed by atoms with Gasteiger partial charge in [-0.3, -0.25) is 14.4 Å². The molecule has 67 heavy (non-hydrogen) atoms. The number of esters is 3. The van der Waals surface area contributed by atoms with E-state index in [0.29, 0.717) is 19.3 Å². The fraction of sp³-hybridized carbons (Fsp3) is 0.689. The van der Waals surface area contributed by atoms with Crippen LogP contribution in [-0.4, -0.2) is 37.2 Å². The number of allylic oxidation sites excluding steroid dienone is 16. The molecule has 0 saturated heterocycles. The van der Waals surface area contributed by atoms with Crippen LogP contribution >= 0.6 is 0 Å². The predicted molar refractivity (Wildman–Crippen MR) is 288 cm³/mol. The predicted octanol–water partition coefficient (Wildman–Crippen LogP) is 18.5. The van der Waals surface area contributed by atoms with E-state index in [9.17, 15) is 14.4 Å². The number of rotatable bonds is 49. The SMILES string of the molecule is CC/C=C\C/C=C\C/C=C\C/C=C\CCCCCCCCCCC(=O)OCC(COC(=O)CC/C=C\C/C=C\C/C=C\C/C=C\CC)OC(=O)CCCCCCCCCCCCCCCCC. The summed E-state index contributed by atoms with van der Waals surface area (Å²) in [5, 5.41) is 0. The number of hydrogen-bond acceptors (Lipinski definition) is 6. The zero-order valence-corrected chi connectivity index (χ0v) is 43.6. The topological polar surface area (TPSA) is 78.9 Å². The highest BCUT2D eigenvalue weighted by atomic mass is 16.6. The monoisotopic (exact) mass is 931 g/mol. The molecule has 0 N–H and O–H groups in total. The minimum Gasteiger partial charge on any atom is -0.462 e. The minimum atomic E-state index is -0.808. The fourth-order valence-electron chi connectivity index (χ4n) is 7.51. The first-order valence-corrected chi connectivity index (χ1v) is 27.7. The van der Waals surface area contributed by atoms with E-state index in [4.69, 9.17) is 14.2 Å². The lowest BCUT2D eigenvalue weighted by atomic mass is 10.0. The molecule has 0 amide bonds. The number of hydrogen-bond donors (Lipinski definition) is 0. The molecule has 0 fully saturated rings. The van der Waals surface area contributed by atoms with Gasteiger partial charge >= 0.3 is 17.9 Å². The molecule has 6 nitrogen and oxygen atoms in total. The Morgan fingerprint density at radius 2 is 0.612 bits per heavy atom. The van der Waals surface area contributed by atoms with Gasteiger partial charge in [0.2, 0.25) is 0 Å². The zero-order chi connectivity index (χ0) is 48.6. The lowest BCUT2D eigenvalue weighted by molar-refractivity contribution is -0.166. The summed E-state index contributed by atoms with van der Waals surface area (Å²) in [4.78, 5) is 38.0. The second kappa shape index (κ2) is 54.9. The first-order valence-electron chi connectivity index (χ1n) is 27.7. The van der Waals surface area contributed by atoms with E-state index >= 15 is 0 Å².